The molecule has 0 bridgehead atoms. The largest absolute Gasteiger partial charge is 0.472 e. The molecule has 1 atom stereocenters. The van der Waals surface area contributed by atoms with E-state index in [4.69, 9.17) is 16.0 Å². The lowest BCUT2D eigenvalue weighted by atomic mass is 10.1. The molecular formula is C11H12ClNOS. The maximum absolute atomic E-state index is 5.93. The summed E-state index contributed by atoms with van der Waals surface area (Å²) in [7, 11) is 0. The van der Waals surface area contributed by atoms with E-state index in [9.17, 15) is 0 Å². The van der Waals surface area contributed by atoms with Crippen molar-refractivity contribution < 1.29 is 4.42 Å². The number of nitrogens with one attached hydrogen (secondary N) is 1. The monoisotopic (exact) mass is 241 g/mol. The molecule has 2 nitrogen and oxygen atoms in total. The molecule has 4 heteroatoms. The van der Waals surface area contributed by atoms with Crippen molar-refractivity contribution in [3.8, 4) is 0 Å². The van der Waals surface area contributed by atoms with E-state index in [0.29, 0.717) is 0 Å². The normalized spacial score (nSPS) is 12.9. The van der Waals surface area contributed by atoms with Crippen LogP contribution in [0.2, 0.25) is 4.34 Å². The van der Waals surface area contributed by atoms with E-state index in [2.05, 4.69) is 12.2 Å². The van der Waals surface area contributed by atoms with Gasteiger partial charge in [0.25, 0.3) is 0 Å². The minimum absolute atomic E-state index is 0.186. The van der Waals surface area contributed by atoms with Crippen LogP contribution < -0.4 is 5.32 Å². The fourth-order valence-electron chi connectivity index (χ4n) is 1.51. The maximum Gasteiger partial charge on any atom is 0.0954 e. The Balaban J connectivity index is 2.27. The Morgan fingerprint density at radius 3 is 2.87 bits per heavy atom. The van der Waals surface area contributed by atoms with Gasteiger partial charge >= 0.3 is 0 Å². The molecule has 1 N–H and O–H groups in total. The highest BCUT2D eigenvalue weighted by Crippen LogP contribution is 2.31. The molecule has 0 aliphatic heterocycles. The smallest absolute Gasteiger partial charge is 0.0954 e. The van der Waals surface area contributed by atoms with E-state index in [1.807, 2.05) is 18.2 Å². The Hall–Kier alpha value is -0.770. The van der Waals surface area contributed by atoms with Crippen LogP contribution in [0.4, 0.5) is 0 Å². The molecule has 0 aliphatic carbocycles. The van der Waals surface area contributed by atoms with E-state index in [-0.39, 0.29) is 6.04 Å². The second-order valence-corrected chi connectivity index (χ2v) is 4.94. The Morgan fingerprint density at radius 2 is 2.33 bits per heavy atom. The highest BCUT2D eigenvalue weighted by atomic mass is 35.5. The van der Waals surface area contributed by atoms with Gasteiger partial charge in [-0.25, -0.2) is 0 Å². The Kier molecular flexibility index (Phi) is 3.46. The molecule has 1 unspecified atom stereocenters. The number of furan rings is 1. The molecule has 2 aromatic heterocycles. The minimum atomic E-state index is 0.186. The standard InChI is InChI=1S/C11H12ClNOS/c1-2-13-11(8-5-6-14-7-8)9-3-4-10(12)15-9/h3-7,11,13H,2H2,1H3. The number of thiophene rings is 1. The first-order valence-corrected chi connectivity index (χ1v) is 6.01. The SMILES string of the molecule is CCNC(c1ccoc1)c1ccc(Cl)s1. The molecule has 15 heavy (non-hydrogen) atoms. The molecule has 2 heterocycles. The number of halogens is 1. The van der Waals surface area contributed by atoms with Gasteiger partial charge in [0, 0.05) is 10.4 Å². The van der Waals surface area contributed by atoms with Crippen molar-refractivity contribution >= 4 is 22.9 Å². The summed E-state index contributed by atoms with van der Waals surface area (Å²) in [5.74, 6) is 0. The van der Waals surface area contributed by atoms with E-state index in [0.717, 1.165) is 16.4 Å². The van der Waals surface area contributed by atoms with Crippen LogP contribution in [0.1, 0.15) is 23.4 Å². The summed E-state index contributed by atoms with van der Waals surface area (Å²) < 4.78 is 5.92. The molecule has 2 aromatic rings. The fraction of sp³-hybridized carbons (Fsp3) is 0.273. The second kappa shape index (κ2) is 4.84. The molecular weight excluding hydrogens is 230 g/mol. The van der Waals surface area contributed by atoms with Crippen molar-refractivity contribution in [2.45, 2.75) is 13.0 Å². The Morgan fingerprint density at radius 1 is 1.47 bits per heavy atom. The van der Waals surface area contributed by atoms with Gasteiger partial charge < -0.3 is 9.73 Å². The van der Waals surface area contributed by atoms with Crippen LogP contribution in [0.15, 0.2) is 35.1 Å². The molecule has 0 amide bonds. The van der Waals surface area contributed by atoms with Crippen LogP contribution in [-0.4, -0.2) is 6.54 Å². The molecule has 0 radical (unpaired) electrons. The topological polar surface area (TPSA) is 25.2 Å². The summed E-state index contributed by atoms with van der Waals surface area (Å²) in [6, 6.07) is 6.13. The quantitative estimate of drug-likeness (QED) is 0.883. The van der Waals surface area contributed by atoms with Crippen LogP contribution in [-0.2, 0) is 0 Å². The molecule has 0 spiro atoms. The van der Waals surface area contributed by atoms with Gasteiger partial charge in [-0.05, 0) is 24.7 Å². The van der Waals surface area contributed by atoms with Crippen LogP contribution in [0.3, 0.4) is 0 Å². The Bertz CT molecular complexity index is 410. The lowest BCUT2D eigenvalue weighted by Crippen LogP contribution is -2.20. The molecule has 0 saturated carbocycles. The van der Waals surface area contributed by atoms with E-state index < -0.39 is 0 Å². The molecule has 80 valence electrons. The van der Waals surface area contributed by atoms with Crippen LogP contribution in [0.5, 0.6) is 0 Å². The summed E-state index contributed by atoms with van der Waals surface area (Å²) in [5, 5.41) is 3.41. The van der Waals surface area contributed by atoms with Crippen LogP contribution in [0, 0.1) is 0 Å². The first-order chi connectivity index (χ1) is 7.31. The van der Waals surface area contributed by atoms with Crippen molar-refractivity contribution in [3.05, 3.63) is 45.5 Å². The summed E-state index contributed by atoms with van der Waals surface area (Å²) >= 11 is 7.53. The second-order valence-electron chi connectivity index (χ2n) is 3.19. The summed E-state index contributed by atoms with van der Waals surface area (Å²) in [6.45, 7) is 2.99. The lowest BCUT2D eigenvalue weighted by Gasteiger charge is -2.13. The summed E-state index contributed by atoms with van der Waals surface area (Å²) in [6.07, 6.45) is 3.45. The Labute approximate surface area is 97.9 Å². The van der Waals surface area contributed by atoms with Crippen molar-refractivity contribution in [1.29, 1.82) is 0 Å². The maximum atomic E-state index is 5.93. The predicted molar refractivity (Wildman–Crippen MR) is 63.6 cm³/mol. The zero-order chi connectivity index (χ0) is 10.7. The average Bonchev–Trinajstić information content (AvgIpc) is 2.85. The van der Waals surface area contributed by atoms with Crippen molar-refractivity contribution in [3.63, 3.8) is 0 Å². The van der Waals surface area contributed by atoms with Gasteiger partial charge in [0.1, 0.15) is 0 Å². The van der Waals surface area contributed by atoms with Gasteiger partial charge in [0.05, 0.1) is 22.9 Å². The zero-order valence-electron chi connectivity index (χ0n) is 8.37. The highest BCUT2D eigenvalue weighted by Gasteiger charge is 2.15. The van der Waals surface area contributed by atoms with Crippen LogP contribution >= 0.6 is 22.9 Å². The molecule has 0 aliphatic rings. The molecule has 2 rings (SSSR count). The zero-order valence-corrected chi connectivity index (χ0v) is 9.94. The van der Waals surface area contributed by atoms with Crippen molar-refractivity contribution in [1.82, 2.24) is 5.32 Å². The third-order valence-electron chi connectivity index (χ3n) is 2.16. The van der Waals surface area contributed by atoms with E-state index in [1.54, 1.807) is 23.9 Å². The molecule has 0 fully saturated rings. The summed E-state index contributed by atoms with van der Waals surface area (Å²) in [4.78, 5) is 1.21. The van der Waals surface area contributed by atoms with Gasteiger partial charge in [0.15, 0.2) is 0 Å². The molecule has 0 saturated heterocycles. The molecule has 0 aromatic carbocycles. The van der Waals surface area contributed by atoms with Crippen LogP contribution in [0.25, 0.3) is 0 Å². The van der Waals surface area contributed by atoms with Gasteiger partial charge in [-0.2, -0.15) is 0 Å². The van der Waals surface area contributed by atoms with Gasteiger partial charge in [-0.15, -0.1) is 11.3 Å². The van der Waals surface area contributed by atoms with E-state index >= 15 is 0 Å². The minimum Gasteiger partial charge on any atom is -0.472 e. The van der Waals surface area contributed by atoms with Crippen molar-refractivity contribution in [2.24, 2.45) is 0 Å². The third-order valence-corrected chi connectivity index (χ3v) is 3.46. The summed E-state index contributed by atoms with van der Waals surface area (Å²) in [5.41, 5.74) is 1.13. The average molecular weight is 242 g/mol. The van der Waals surface area contributed by atoms with Crippen molar-refractivity contribution in [2.75, 3.05) is 6.54 Å². The van der Waals surface area contributed by atoms with Gasteiger partial charge in [-0.3, -0.25) is 0 Å². The fourth-order valence-corrected chi connectivity index (χ4v) is 2.67. The highest BCUT2D eigenvalue weighted by molar-refractivity contribution is 7.16. The number of hydrogen-bond acceptors (Lipinski definition) is 3. The van der Waals surface area contributed by atoms with Gasteiger partial charge in [-0.1, -0.05) is 18.5 Å². The van der Waals surface area contributed by atoms with E-state index in [1.165, 1.54) is 4.88 Å². The number of hydrogen-bond donors (Lipinski definition) is 1. The third kappa shape index (κ3) is 2.43. The lowest BCUT2D eigenvalue weighted by molar-refractivity contribution is 0.554. The number of rotatable bonds is 4. The first-order valence-electron chi connectivity index (χ1n) is 4.82. The van der Waals surface area contributed by atoms with Gasteiger partial charge in [0.2, 0.25) is 0 Å². The predicted octanol–water partition coefficient (Wildman–Crippen LogP) is 3.69. The first kappa shape index (κ1) is 10.7.